The fourth-order valence-electron chi connectivity index (χ4n) is 1.97. The molecule has 0 radical (unpaired) electrons. The third kappa shape index (κ3) is 2.62. The van der Waals surface area contributed by atoms with Gasteiger partial charge in [0.05, 0.1) is 12.1 Å². The first kappa shape index (κ1) is 13.2. The average molecular weight is 262 g/mol. The number of benzene rings is 1. The van der Waals surface area contributed by atoms with Crippen LogP contribution in [0, 0.1) is 0 Å². The lowest BCUT2D eigenvalue weighted by molar-refractivity contribution is -0.121. The number of ether oxygens (including phenoxy) is 1. The smallest absolute Gasteiger partial charge is 0.240 e. The first-order valence-electron chi connectivity index (χ1n) is 6.31. The molecule has 2 aromatic rings. The minimum absolute atomic E-state index is 0.0877. The van der Waals surface area contributed by atoms with Gasteiger partial charge in [0.25, 0.3) is 0 Å². The van der Waals surface area contributed by atoms with E-state index in [1.807, 2.05) is 32.0 Å². The number of amides is 1. The summed E-state index contributed by atoms with van der Waals surface area (Å²) in [5.74, 6) is 0.907. The topological polar surface area (TPSA) is 82.2 Å². The number of para-hydroxylation sites is 1. The minimum atomic E-state index is -0.0877. The molecule has 19 heavy (non-hydrogen) atoms. The maximum absolute atomic E-state index is 11.7. The molecule has 1 heterocycles. The summed E-state index contributed by atoms with van der Waals surface area (Å²) < 4.78 is 7.19. The zero-order chi connectivity index (χ0) is 13.8. The number of hydrogen-bond acceptors (Lipinski definition) is 4. The van der Waals surface area contributed by atoms with Crippen LogP contribution in [0.2, 0.25) is 0 Å². The molecule has 3 N–H and O–H groups in total. The summed E-state index contributed by atoms with van der Waals surface area (Å²) in [6.45, 7) is 5.10. The molecule has 102 valence electrons. The summed E-state index contributed by atoms with van der Waals surface area (Å²) in [5, 5.41) is 2.74. The fourth-order valence-corrected chi connectivity index (χ4v) is 1.97. The number of aromatic nitrogens is 2. The molecule has 0 saturated heterocycles. The number of carbonyl (C=O) groups excluding carboxylic acids is 1. The number of nitrogens with one attached hydrogen (secondary N) is 1. The van der Waals surface area contributed by atoms with Crippen LogP contribution in [0.15, 0.2) is 18.2 Å². The van der Waals surface area contributed by atoms with Crippen LogP contribution < -0.4 is 15.8 Å². The number of anilines is 1. The maximum atomic E-state index is 11.7. The molecule has 1 aromatic heterocycles. The van der Waals surface area contributed by atoms with E-state index in [1.54, 1.807) is 4.57 Å². The second-order valence-electron chi connectivity index (χ2n) is 4.07. The Morgan fingerprint density at radius 2 is 2.26 bits per heavy atom. The summed E-state index contributed by atoms with van der Waals surface area (Å²) >= 11 is 0. The van der Waals surface area contributed by atoms with E-state index in [2.05, 4.69) is 10.3 Å². The van der Waals surface area contributed by atoms with E-state index in [0.717, 1.165) is 5.52 Å². The van der Waals surface area contributed by atoms with Gasteiger partial charge in [0.1, 0.15) is 17.8 Å². The zero-order valence-corrected chi connectivity index (χ0v) is 11.1. The Kier molecular flexibility index (Phi) is 3.89. The number of rotatable bonds is 5. The van der Waals surface area contributed by atoms with Crippen molar-refractivity contribution < 1.29 is 9.53 Å². The van der Waals surface area contributed by atoms with Crippen LogP contribution >= 0.6 is 0 Å². The van der Waals surface area contributed by atoms with Gasteiger partial charge in [-0.25, -0.2) is 4.98 Å². The highest BCUT2D eigenvalue weighted by molar-refractivity contribution is 5.86. The Labute approximate surface area is 111 Å². The highest BCUT2D eigenvalue weighted by Gasteiger charge is 2.14. The van der Waals surface area contributed by atoms with Gasteiger partial charge in [-0.3, -0.25) is 4.79 Å². The van der Waals surface area contributed by atoms with Gasteiger partial charge >= 0.3 is 0 Å². The van der Waals surface area contributed by atoms with Gasteiger partial charge < -0.3 is 20.4 Å². The van der Waals surface area contributed by atoms with Gasteiger partial charge in [-0.1, -0.05) is 6.07 Å². The Morgan fingerprint density at radius 3 is 2.95 bits per heavy atom. The molecule has 6 nitrogen and oxygen atoms in total. The summed E-state index contributed by atoms with van der Waals surface area (Å²) in [6.07, 6.45) is 0. The highest BCUT2D eigenvalue weighted by atomic mass is 16.5. The number of fused-ring (bicyclic) bond motifs is 1. The molecule has 0 bridgehead atoms. The standard InChI is InChI=1S/C13H18N4O2/c1-3-15-11(18)8-17-9-6-5-7-10(19-4-2)12(9)16-13(17)14/h5-7H,3-4,8H2,1-2H3,(H2,14,16)(H,15,18). The Bertz CT molecular complexity index is 592. The van der Waals surface area contributed by atoms with E-state index in [-0.39, 0.29) is 12.5 Å². The molecule has 0 aliphatic rings. The van der Waals surface area contributed by atoms with Crippen molar-refractivity contribution in [3.05, 3.63) is 18.2 Å². The average Bonchev–Trinajstić information content (AvgIpc) is 2.68. The molecule has 1 aromatic carbocycles. The van der Waals surface area contributed by atoms with Crippen molar-refractivity contribution in [3.8, 4) is 5.75 Å². The van der Waals surface area contributed by atoms with Crippen molar-refractivity contribution in [1.82, 2.24) is 14.9 Å². The molecule has 0 aliphatic carbocycles. The summed E-state index contributed by atoms with van der Waals surface area (Å²) in [4.78, 5) is 16.0. The SMILES string of the molecule is CCNC(=O)Cn1c(N)nc2c(OCC)cccc21. The lowest BCUT2D eigenvalue weighted by atomic mass is 10.3. The van der Waals surface area contributed by atoms with Gasteiger partial charge in [-0.15, -0.1) is 0 Å². The second-order valence-corrected chi connectivity index (χ2v) is 4.07. The zero-order valence-electron chi connectivity index (χ0n) is 11.1. The van der Waals surface area contributed by atoms with E-state index in [9.17, 15) is 4.79 Å². The summed E-state index contributed by atoms with van der Waals surface area (Å²) in [7, 11) is 0. The van der Waals surface area contributed by atoms with E-state index in [1.165, 1.54) is 0 Å². The van der Waals surface area contributed by atoms with Crippen LogP contribution in [-0.2, 0) is 11.3 Å². The normalized spacial score (nSPS) is 10.6. The number of hydrogen-bond donors (Lipinski definition) is 2. The van der Waals surface area contributed by atoms with Crippen LogP contribution in [0.5, 0.6) is 5.75 Å². The van der Waals surface area contributed by atoms with E-state index in [4.69, 9.17) is 10.5 Å². The molecule has 0 saturated carbocycles. The number of carbonyl (C=O) groups is 1. The molecule has 0 aliphatic heterocycles. The third-order valence-corrected chi connectivity index (χ3v) is 2.75. The van der Waals surface area contributed by atoms with Crippen molar-refractivity contribution in [3.63, 3.8) is 0 Å². The fraction of sp³-hybridized carbons (Fsp3) is 0.385. The second kappa shape index (κ2) is 5.60. The molecular formula is C13H18N4O2. The molecule has 6 heteroatoms. The van der Waals surface area contributed by atoms with Crippen molar-refractivity contribution >= 4 is 22.9 Å². The number of nitrogens with two attached hydrogens (primary N) is 1. The highest BCUT2D eigenvalue weighted by Crippen LogP contribution is 2.26. The number of imidazole rings is 1. The number of likely N-dealkylation sites (N-methyl/N-ethyl adjacent to an activating group) is 1. The third-order valence-electron chi connectivity index (χ3n) is 2.75. The van der Waals surface area contributed by atoms with Gasteiger partial charge in [-0.2, -0.15) is 0 Å². The van der Waals surface area contributed by atoms with Gasteiger partial charge in [0.2, 0.25) is 11.9 Å². The van der Waals surface area contributed by atoms with Crippen LogP contribution in [0.25, 0.3) is 11.0 Å². The summed E-state index contributed by atoms with van der Waals surface area (Å²) in [5.41, 5.74) is 7.37. The van der Waals surface area contributed by atoms with Crippen molar-refractivity contribution in [2.75, 3.05) is 18.9 Å². The van der Waals surface area contributed by atoms with E-state index in [0.29, 0.717) is 30.4 Å². The van der Waals surface area contributed by atoms with Crippen molar-refractivity contribution in [2.45, 2.75) is 20.4 Å². The van der Waals surface area contributed by atoms with Crippen LogP contribution in [-0.4, -0.2) is 28.6 Å². The predicted octanol–water partition coefficient (Wildman–Crippen LogP) is 1.15. The van der Waals surface area contributed by atoms with Crippen molar-refractivity contribution in [1.29, 1.82) is 0 Å². The maximum Gasteiger partial charge on any atom is 0.240 e. The molecule has 0 spiro atoms. The van der Waals surface area contributed by atoms with Crippen LogP contribution in [0.1, 0.15) is 13.8 Å². The largest absolute Gasteiger partial charge is 0.492 e. The number of nitrogen functional groups attached to an aromatic ring is 1. The lowest BCUT2D eigenvalue weighted by Gasteiger charge is -2.07. The molecule has 0 atom stereocenters. The molecule has 2 rings (SSSR count). The van der Waals surface area contributed by atoms with E-state index < -0.39 is 0 Å². The predicted molar refractivity (Wildman–Crippen MR) is 74.0 cm³/mol. The first-order chi connectivity index (χ1) is 9.17. The van der Waals surface area contributed by atoms with Crippen LogP contribution in [0.4, 0.5) is 5.95 Å². The van der Waals surface area contributed by atoms with Gasteiger partial charge in [0.15, 0.2) is 0 Å². The first-order valence-corrected chi connectivity index (χ1v) is 6.31. The van der Waals surface area contributed by atoms with Crippen LogP contribution in [0.3, 0.4) is 0 Å². The van der Waals surface area contributed by atoms with Gasteiger partial charge in [-0.05, 0) is 26.0 Å². The number of nitrogens with zero attached hydrogens (tertiary/aromatic N) is 2. The molecular weight excluding hydrogens is 244 g/mol. The summed E-state index contributed by atoms with van der Waals surface area (Å²) in [6, 6.07) is 5.58. The Hall–Kier alpha value is -2.24. The monoisotopic (exact) mass is 262 g/mol. The minimum Gasteiger partial charge on any atom is -0.492 e. The Morgan fingerprint density at radius 1 is 1.47 bits per heavy atom. The van der Waals surface area contributed by atoms with E-state index >= 15 is 0 Å². The van der Waals surface area contributed by atoms with Crippen molar-refractivity contribution in [2.24, 2.45) is 0 Å². The molecule has 0 unspecified atom stereocenters. The van der Waals surface area contributed by atoms with Gasteiger partial charge in [0, 0.05) is 6.54 Å². The lowest BCUT2D eigenvalue weighted by Crippen LogP contribution is -2.27. The molecule has 0 fully saturated rings. The molecule has 1 amide bonds. The Balaban J connectivity index is 2.41. The quantitative estimate of drug-likeness (QED) is 0.847.